The van der Waals surface area contributed by atoms with Crippen molar-refractivity contribution in [1.82, 2.24) is 0 Å². The number of alkyl halides is 3. The lowest BCUT2D eigenvalue weighted by Crippen LogP contribution is -2.08. The van der Waals surface area contributed by atoms with Crippen LogP contribution in [-0.2, 0) is 6.18 Å². The minimum absolute atomic E-state index is 0.0681. The normalized spacial score (nSPS) is 11.6. The summed E-state index contributed by atoms with van der Waals surface area (Å²) in [5, 5.41) is 0. The first-order chi connectivity index (χ1) is 8.39. The molecule has 0 amide bonds. The van der Waals surface area contributed by atoms with Crippen LogP contribution in [-0.4, -0.2) is 0 Å². The Morgan fingerprint density at radius 3 is 2.11 bits per heavy atom. The predicted octanol–water partition coefficient (Wildman–Crippen LogP) is 4.65. The molecule has 0 saturated carbocycles. The minimum Gasteiger partial charge on any atom is -0.207 e. The van der Waals surface area contributed by atoms with Crippen molar-refractivity contribution in [1.29, 1.82) is 0 Å². The molecule has 0 aliphatic carbocycles. The molecule has 0 saturated heterocycles. The number of hydrogen-bond donors (Lipinski definition) is 0. The first-order valence-electron chi connectivity index (χ1n) is 5.01. The van der Waals surface area contributed by atoms with Gasteiger partial charge in [0.05, 0.1) is 5.56 Å². The largest absolute Gasteiger partial charge is 0.419 e. The highest BCUT2D eigenvalue weighted by Crippen LogP contribution is 2.35. The Labute approximate surface area is 99.7 Å². The van der Waals surface area contributed by atoms with Gasteiger partial charge in [0.2, 0.25) is 0 Å². The van der Waals surface area contributed by atoms with E-state index in [0.717, 1.165) is 18.2 Å². The van der Waals surface area contributed by atoms with E-state index in [1.807, 2.05) is 0 Å². The van der Waals surface area contributed by atoms with E-state index in [-0.39, 0.29) is 11.1 Å². The van der Waals surface area contributed by atoms with Crippen LogP contribution >= 0.6 is 0 Å². The van der Waals surface area contributed by atoms with Crippen molar-refractivity contribution in [2.75, 3.05) is 0 Å². The van der Waals surface area contributed by atoms with Gasteiger partial charge in [-0.05, 0) is 23.8 Å². The van der Waals surface area contributed by atoms with Crippen LogP contribution in [0, 0.1) is 11.6 Å². The molecule has 0 aliphatic heterocycles. The van der Waals surface area contributed by atoms with Crippen molar-refractivity contribution >= 4 is 0 Å². The maximum absolute atomic E-state index is 13.7. The topological polar surface area (TPSA) is 0 Å². The second-order valence-corrected chi connectivity index (χ2v) is 3.68. The average molecular weight is 258 g/mol. The summed E-state index contributed by atoms with van der Waals surface area (Å²) in [6, 6.07) is 7.70. The van der Waals surface area contributed by atoms with Gasteiger partial charge >= 0.3 is 6.18 Å². The van der Waals surface area contributed by atoms with E-state index in [4.69, 9.17) is 0 Å². The van der Waals surface area contributed by atoms with E-state index >= 15 is 0 Å². The maximum atomic E-state index is 13.7. The van der Waals surface area contributed by atoms with Gasteiger partial charge < -0.3 is 0 Å². The summed E-state index contributed by atoms with van der Waals surface area (Å²) in [7, 11) is 0. The third-order valence-electron chi connectivity index (χ3n) is 2.44. The molecular formula is C13H7F5. The molecule has 5 heteroatoms. The second-order valence-electron chi connectivity index (χ2n) is 3.68. The van der Waals surface area contributed by atoms with E-state index in [0.29, 0.717) is 6.07 Å². The third kappa shape index (κ3) is 2.34. The number of rotatable bonds is 1. The molecule has 18 heavy (non-hydrogen) atoms. The first kappa shape index (κ1) is 12.5. The molecular weight excluding hydrogens is 251 g/mol. The Bertz CT molecular complexity index is 572. The first-order valence-corrected chi connectivity index (χ1v) is 5.01. The van der Waals surface area contributed by atoms with Gasteiger partial charge in [-0.15, -0.1) is 0 Å². The van der Waals surface area contributed by atoms with Gasteiger partial charge in [-0.2, -0.15) is 13.2 Å². The van der Waals surface area contributed by atoms with Crippen molar-refractivity contribution in [2.24, 2.45) is 0 Å². The van der Waals surface area contributed by atoms with Crippen LogP contribution in [0.5, 0.6) is 0 Å². The van der Waals surface area contributed by atoms with Gasteiger partial charge in [-0.3, -0.25) is 0 Å². The van der Waals surface area contributed by atoms with Crippen LogP contribution in [0.4, 0.5) is 22.0 Å². The van der Waals surface area contributed by atoms with Gasteiger partial charge in [0, 0.05) is 5.56 Å². The molecule has 2 rings (SSSR count). The Balaban J connectivity index is 2.60. The second kappa shape index (κ2) is 4.40. The molecule has 2 aromatic carbocycles. The zero-order valence-electron chi connectivity index (χ0n) is 8.93. The van der Waals surface area contributed by atoms with Crippen molar-refractivity contribution in [3.8, 4) is 11.1 Å². The summed E-state index contributed by atoms with van der Waals surface area (Å²) in [6.07, 6.45) is -4.77. The van der Waals surface area contributed by atoms with Gasteiger partial charge in [0.25, 0.3) is 0 Å². The molecule has 0 unspecified atom stereocenters. The average Bonchev–Trinajstić information content (AvgIpc) is 2.27. The number of hydrogen-bond acceptors (Lipinski definition) is 0. The molecule has 0 radical (unpaired) electrons. The molecule has 0 atom stereocenters. The highest BCUT2D eigenvalue weighted by atomic mass is 19.4. The fourth-order valence-corrected chi connectivity index (χ4v) is 1.63. The van der Waals surface area contributed by atoms with Gasteiger partial charge in [0.15, 0.2) is 0 Å². The van der Waals surface area contributed by atoms with Crippen LogP contribution in [0.15, 0.2) is 42.5 Å². The van der Waals surface area contributed by atoms with E-state index in [9.17, 15) is 22.0 Å². The molecule has 0 fully saturated rings. The molecule has 0 heterocycles. The van der Waals surface area contributed by atoms with Crippen LogP contribution in [0.25, 0.3) is 11.1 Å². The zero-order valence-corrected chi connectivity index (χ0v) is 8.93. The standard InChI is InChI=1S/C13H7F5/c14-9-4-1-3-8(7-9)10-5-2-6-11(12(10)15)13(16,17)18/h1-7H. The predicted molar refractivity (Wildman–Crippen MR) is 56.8 cm³/mol. The maximum Gasteiger partial charge on any atom is 0.419 e. The smallest absolute Gasteiger partial charge is 0.207 e. The summed E-state index contributed by atoms with van der Waals surface area (Å²) in [5.41, 5.74) is -1.56. The molecule has 94 valence electrons. The van der Waals surface area contributed by atoms with Crippen molar-refractivity contribution in [3.63, 3.8) is 0 Å². The Kier molecular flexibility index (Phi) is 3.07. The highest BCUT2D eigenvalue weighted by molar-refractivity contribution is 5.65. The summed E-state index contributed by atoms with van der Waals surface area (Å²) >= 11 is 0. The lowest BCUT2D eigenvalue weighted by molar-refractivity contribution is -0.139. The third-order valence-corrected chi connectivity index (χ3v) is 2.44. The molecule has 0 spiro atoms. The highest BCUT2D eigenvalue weighted by Gasteiger charge is 2.34. The van der Waals surface area contributed by atoms with Crippen molar-refractivity contribution in [2.45, 2.75) is 6.18 Å². The van der Waals surface area contributed by atoms with Crippen LogP contribution in [0.2, 0.25) is 0 Å². The van der Waals surface area contributed by atoms with Gasteiger partial charge in [-0.1, -0.05) is 24.3 Å². The van der Waals surface area contributed by atoms with Crippen molar-refractivity contribution < 1.29 is 22.0 Å². The van der Waals surface area contributed by atoms with Gasteiger partial charge in [-0.25, -0.2) is 8.78 Å². The van der Waals surface area contributed by atoms with E-state index in [2.05, 4.69) is 0 Å². The summed E-state index contributed by atoms with van der Waals surface area (Å²) in [4.78, 5) is 0. The fourth-order valence-electron chi connectivity index (χ4n) is 1.63. The SMILES string of the molecule is Fc1cccc(-c2cccc(C(F)(F)F)c2F)c1. The summed E-state index contributed by atoms with van der Waals surface area (Å²) in [6.45, 7) is 0. The monoisotopic (exact) mass is 258 g/mol. The lowest BCUT2D eigenvalue weighted by Gasteiger charge is -2.11. The minimum atomic E-state index is -4.77. The molecule has 0 bridgehead atoms. The summed E-state index contributed by atoms with van der Waals surface area (Å²) in [5.74, 6) is -2.03. The zero-order chi connectivity index (χ0) is 13.3. The van der Waals surface area contributed by atoms with E-state index in [1.54, 1.807) is 0 Å². The Hall–Kier alpha value is -1.91. The fraction of sp³-hybridized carbons (Fsp3) is 0.0769. The van der Waals surface area contributed by atoms with E-state index < -0.39 is 23.4 Å². The van der Waals surface area contributed by atoms with Crippen LogP contribution < -0.4 is 0 Å². The number of halogens is 5. The molecule has 0 aromatic heterocycles. The van der Waals surface area contributed by atoms with Crippen molar-refractivity contribution in [3.05, 3.63) is 59.7 Å². The lowest BCUT2D eigenvalue weighted by atomic mass is 10.0. The number of benzene rings is 2. The summed E-state index contributed by atoms with van der Waals surface area (Å²) < 4.78 is 64.2. The Morgan fingerprint density at radius 2 is 1.50 bits per heavy atom. The van der Waals surface area contributed by atoms with Crippen LogP contribution in [0.3, 0.4) is 0 Å². The molecule has 2 aromatic rings. The quantitative estimate of drug-likeness (QED) is 0.653. The van der Waals surface area contributed by atoms with Crippen LogP contribution in [0.1, 0.15) is 5.56 Å². The molecule has 0 nitrogen and oxygen atoms in total. The van der Waals surface area contributed by atoms with E-state index in [1.165, 1.54) is 18.2 Å². The Morgan fingerprint density at radius 1 is 0.833 bits per heavy atom. The molecule has 0 N–H and O–H groups in total. The molecule has 0 aliphatic rings. The van der Waals surface area contributed by atoms with Gasteiger partial charge in [0.1, 0.15) is 11.6 Å².